The van der Waals surface area contributed by atoms with Crippen LogP contribution in [0.3, 0.4) is 0 Å². The zero-order valence-electron chi connectivity index (χ0n) is 19.1. The minimum absolute atomic E-state index is 0.0107. The Labute approximate surface area is 197 Å². The highest BCUT2D eigenvalue weighted by Crippen LogP contribution is 2.42. The molecule has 182 valence electrons. The van der Waals surface area contributed by atoms with Gasteiger partial charge in [0, 0.05) is 11.3 Å². The molecule has 3 aromatic rings. The van der Waals surface area contributed by atoms with Gasteiger partial charge in [-0.1, -0.05) is 18.2 Å². The number of anilines is 1. The van der Waals surface area contributed by atoms with Gasteiger partial charge in [0.2, 0.25) is 5.75 Å². The summed E-state index contributed by atoms with van der Waals surface area (Å²) in [7, 11) is 0. The van der Waals surface area contributed by atoms with Crippen LogP contribution in [0.2, 0.25) is 0 Å². The van der Waals surface area contributed by atoms with E-state index >= 15 is 0 Å². The SMILES string of the molecule is CC(O)Oc1cc(C(O)Nc2ccc(Oc3ccccc3)cc2)cc(OC(C)O)c1OC(C)O. The summed E-state index contributed by atoms with van der Waals surface area (Å²) in [6.45, 7) is 4.16. The average molecular weight is 472 g/mol. The Balaban J connectivity index is 1.83. The van der Waals surface area contributed by atoms with Crippen LogP contribution in [0.1, 0.15) is 32.6 Å². The lowest BCUT2D eigenvalue weighted by molar-refractivity contribution is -0.0322. The molecule has 0 spiro atoms. The monoisotopic (exact) mass is 471 g/mol. The van der Waals surface area contributed by atoms with Crippen LogP contribution >= 0.6 is 0 Å². The largest absolute Gasteiger partial charge is 0.461 e. The van der Waals surface area contributed by atoms with E-state index in [1.54, 1.807) is 24.3 Å². The van der Waals surface area contributed by atoms with Gasteiger partial charge in [0.05, 0.1) is 0 Å². The Morgan fingerprint density at radius 3 is 1.65 bits per heavy atom. The molecule has 0 heterocycles. The van der Waals surface area contributed by atoms with Crippen molar-refractivity contribution in [2.24, 2.45) is 0 Å². The summed E-state index contributed by atoms with van der Waals surface area (Å²) >= 11 is 0. The van der Waals surface area contributed by atoms with E-state index in [1.165, 1.54) is 32.9 Å². The van der Waals surface area contributed by atoms with Crippen molar-refractivity contribution >= 4 is 5.69 Å². The van der Waals surface area contributed by atoms with Crippen LogP contribution in [-0.4, -0.2) is 39.3 Å². The number of rotatable bonds is 11. The number of nitrogens with one attached hydrogen (secondary N) is 1. The Bertz CT molecular complexity index is 1010. The molecule has 3 rings (SSSR count). The lowest BCUT2D eigenvalue weighted by Gasteiger charge is -2.23. The lowest BCUT2D eigenvalue weighted by atomic mass is 10.1. The van der Waals surface area contributed by atoms with Gasteiger partial charge >= 0.3 is 0 Å². The summed E-state index contributed by atoms with van der Waals surface area (Å²) in [5.74, 6) is 1.33. The maximum absolute atomic E-state index is 10.8. The molecule has 0 aliphatic carbocycles. The molecule has 0 aromatic heterocycles. The third-order valence-electron chi connectivity index (χ3n) is 4.38. The van der Waals surface area contributed by atoms with Gasteiger partial charge in [0.1, 0.15) is 11.5 Å². The Morgan fingerprint density at radius 2 is 1.15 bits per heavy atom. The number of hydrogen-bond donors (Lipinski definition) is 5. The molecule has 0 fully saturated rings. The number of hydrogen-bond acceptors (Lipinski definition) is 9. The van der Waals surface area contributed by atoms with Crippen molar-refractivity contribution in [1.29, 1.82) is 0 Å². The van der Waals surface area contributed by atoms with Crippen LogP contribution in [0.4, 0.5) is 5.69 Å². The normalized spacial score (nSPS) is 14.4. The molecule has 0 saturated carbocycles. The van der Waals surface area contributed by atoms with Gasteiger partial charge < -0.3 is 44.7 Å². The molecular formula is C25H29NO8. The number of aliphatic hydroxyl groups excluding tert-OH is 4. The lowest BCUT2D eigenvalue weighted by Crippen LogP contribution is -2.18. The first kappa shape index (κ1) is 25.1. The molecule has 0 amide bonds. The highest BCUT2D eigenvalue weighted by Gasteiger charge is 2.22. The topological polar surface area (TPSA) is 130 Å². The summed E-state index contributed by atoms with van der Waals surface area (Å²) in [6, 6.07) is 19.2. The molecule has 34 heavy (non-hydrogen) atoms. The second-order valence-electron chi connectivity index (χ2n) is 7.48. The summed E-state index contributed by atoms with van der Waals surface area (Å²) in [6.07, 6.45) is -4.87. The molecule has 5 N–H and O–H groups in total. The van der Waals surface area contributed by atoms with E-state index < -0.39 is 25.1 Å². The third-order valence-corrected chi connectivity index (χ3v) is 4.38. The second kappa shape index (κ2) is 11.6. The quantitative estimate of drug-likeness (QED) is 0.266. The first-order valence-corrected chi connectivity index (χ1v) is 10.7. The number of benzene rings is 3. The van der Waals surface area contributed by atoms with Gasteiger partial charge in [-0.25, -0.2) is 0 Å². The predicted molar refractivity (Wildman–Crippen MR) is 125 cm³/mol. The summed E-state index contributed by atoms with van der Waals surface area (Å²) in [5, 5.41) is 42.9. The number of aliphatic hydroxyl groups is 4. The highest BCUT2D eigenvalue weighted by atomic mass is 16.7. The average Bonchev–Trinajstić information content (AvgIpc) is 2.77. The van der Waals surface area contributed by atoms with Crippen LogP contribution in [0.15, 0.2) is 66.7 Å². The van der Waals surface area contributed by atoms with Crippen LogP contribution in [-0.2, 0) is 0 Å². The molecular weight excluding hydrogens is 442 g/mol. The Kier molecular flexibility index (Phi) is 8.55. The summed E-state index contributed by atoms with van der Waals surface area (Å²) < 4.78 is 21.9. The first-order chi connectivity index (χ1) is 16.2. The fraction of sp³-hybridized carbons (Fsp3) is 0.280. The number of ether oxygens (including phenoxy) is 4. The van der Waals surface area contributed by atoms with E-state index in [-0.39, 0.29) is 17.2 Å². The van der Waals surface area contributed by atoms with Gasteiger partial charge in [-0.2, -0.15) is 0 Å². The molecule has 3 aromatic carbocycles. The summed E-state index contributed by atoms with van der Waals surface area (Å²) in [4.78, 5) is 0. The molecule has 9 nitrogen and oxygen atoms in total. The standard InChI is InChI=1S/C25H29NO8/c1-15(27)31-22-13-18(14-23(32-16(2)28)24(22)33-17(3)29)25(30)26-19-9-11-21(12-10-19)34-20-7-5-4-6-8-20/h4-17,25-30H,1-3H3. The smallest absolute Gasteiger partial charge is 0.206 e. The van der Waals surface area contributed by atoms with E-state index in [0.29, 0.717) is 22.7 Å². The minimum atomic E-state index is -1.22. The Hall–Kier alpha value is -3.50. The van der Waals surface area contributed by atoms with Crippen molar-refractivity contribution in [1.82, 2.24) is 0 Å². The van der Waals surface area contributed by atoms with Crippen LogP contribution in [0, 0.1) is 0 Å². The van der Waals surface area contributed by atoms with Gasteiger partial charge in [0.15, 0.2) is 36.6 Å². The number of para-hydroxylation sites is 1. The van der Waals surface area contributed by atoms with Crippen molar-refractivity contribution in [2.75, 3.05) is 5.32 Å². The molecule has 0 aliphatic heterocycles. The second-order valence-corrected chi connectivity index (χ2v) is 7.48. The third kappa shape index (κ3) is 7.26. The van der Waals surface area contributed by atoms with Crippen molar-refractivity contribution in [3.05, 3.63) is 72.3 Å². The zero-order chi connectivity index (χ0) is 24.7. The van der Waals surface area contributed by atoms with Gasteiger partial charge in [0.25, 0.3) is 0 Å². The van der Waals surface area contributed by atoms with Gasteiger partial charge in [-0.15, -0.1) is 0 Å². The first-order valence-electron chi connectivity index (χ1n) is 10.7. The zero-order valence-corrected chi connectivity index (χ0v) is 19.1. The van der Waals surface area contributed by atoms with Crippen LogP contribution in [0.5, 0.6) is 28.7 Å². The molecule has 0 radical (unpaired) electrons. The minimum Gasteiger partial charge on any atom is -0.461 e. The van der Waals surface area contributed by atoms with E-state index in [1.807, 2.05) is 30.3 Å². The van der Waals surface area contributed by atoms with Crippen molar-refractivity contribution in [3.63, 3.8) is 0 Å². The summed E-state index contributed by atoms with van der Waals surface area (Å²) in [5.41, 5.74) is 0.905. The van der Waals surface area contributed by atoms with Gasteiger partial charge in [-0.3, -0.25) is 0 Å². The highest BCUT2D eigenvalue weighted by molar-refractivity contribution is 5.56. The maximum atomic E-state index is 10.8. The van der Waals surface area contributed by atoms with Crippen LogP contribution in [0.25, 0.3) is 0 Å². The van der Waals surface area contributed by atoms with Gasteiger partial charge in [-0.05, 0) is 69.3 Å². The van der Waals surface area contributed by atoms with E-state index in [2.05, 4.69) is 5.32 Å². The maximum Gasteiger partial charge on any atom is 0.206 e. The fourth-order valence-corrected chi connectivity index (χ4v) is 3.07. The molecule has 0 bridgehead atoms. The molecule has 9 heteroatoms. The fourth-order valence-electron chi connectivity index (χ4n) is 3.07. The van der Waals surface area contributed by atoms with E-state index in [4.69, 9.17) is 18.9 Å². The van der Waals surface area contributed by atoms with Crippen LogP contribution < -0.4 is 24.3 Å². The Morgan fingerprint density at radius 1 is 0.647 bits per heavy atom. The predicted octanol–water partition coefficient (Wildman–Crippen LogP) is 3.73. The van der Waals surface area contributed by atoms with Crippen molar-refractivity contribution < 1.29 is 39.4 Å². The van der Waals surface area contributed by atoms with E-state index in [9.17, 15) is 20.4 Å². The van der Waals surface area contributed by atoms with Crippen molar-refractivity contribution in [3.8, 4) is 28.7 Å². The molecule has 4 atom stereocenters. The molecule has 4 unspecified atom stereocenters. The molecule has 0 saturated heterocycles. The molecule has 0 aliphatic rings. The van der Waals surface area contributed by atoms with E-state index in [0.717, 1.165) is 0 Å². The van der Waals surface area contributed by atoms with Crippen molar-refractivity contribution in [2.45, 2.75) is 45.9 Å².